The molecule has 2 aromatic rings. The number of aromatic nitrogens is 3. The van der Waals surface area contributed by atoms with Crippen LogP contribution in [0.3, 0.4) is 0 Å². The van der Waals surface area contributed by atoms with Gasteiger partial charge in [0.25, 0.3) is 0 Å². The van der Waals surface area contributed by atoms with Crippen LogP contribution in [0.5, 0.6) is 0 Å². The van der Waals surface area contributed by atoms with Crippen molar-refractivity contribution in [3.63, 3.8) is 0 Å². The largest absolute Gasteiger partial charge is 0.392 e. The van der Waals surface area contributed by atoms with E-state index in [2.05, 4.69) is 14.9 Å². The van der Waals surface area contributed by atoms with Crippen molar-refractivity contribution in [2.45, 2.75) is 19.1 Å². The third-order valence-electron chi connectivity index (χ3n) is 2.92. The van der Waals surface area contributed by atoms with E-state index in [-0.39, 0.29) is 6.10 Å². The van der Waals surface area contributed by atoms with Crippen LogP contribution in [0.1, 0.15) is 12.1 Å². The lowest BCUT2D eigenvalue weighted by Gasteiger charge is -2.12. The fraction of sp³-hybridized carbons (Fsp3) is 0.455. The quantitative estimate of drug-likeness (QED) is 0.787. The van der Waals surface area contributed by atoms with Crippen molar-refractivity contribution < 1.29 is 5.11 Å². The highest BCUT2D eigenvalue weighted by atomic mass is 16.3. The minimum atomic E-state index is -0.171. The highest BCUT2D eigenvalue weighted by Crippen LogP contribution is 2.12. The zero-order chi connectivity index (χ0) is 11.0. The molecule has 1 N–H and O–H groups in total. The van der Waals surface area contributed by atoms with E-state index in [0.717, 1.165) is 37.5 Å². The Balaban J connectivity index is 1.79. The molecule has 3 heterocycles. The summed E-state index contributed by atoms with van der Waals surface area (Å²) in [5.41, 5.74) is 1.01. The van der Waals surface area contributed by atoms with Crippen molar-refractivity contribution in [3.05, 3.63) is 30.4 Å². The van der Waals surface area contributed by atoms with Crippen molar-refractivity contribution >= 4 is 5.78 Å². The summed E-state index contributed by atoms with van der Waals surface area (Å²) in [6.45, 7) is 2.49. The van der Waals surface area contributed by atoms with Gasteiger partial charge in [0, 0.05) is 38.2 Å². The molecule has 1 saturated heterocycles. The fourth-order valence-electron chi connectivity index (χ4n) is 2.14. The molecule has 16 heavy (non-hydrogen) atoms. The van der Waals surface area contributed by atoms with Crippen LogP contribution < -0.4 is 0 Å². The standard InChI is InChI=1S/C11H14N4O/c16-10-2-5-14(8-10)6-9-7-15-4-1-3-12-11(15)13-9/h1,3-4,7,10,16H,2,5-6,8H2. The molecule has 1 aliphatic heterocycles. The van der Waals surface area contributed by atoms with Crippen LogP contribution in [0.25, 0.3) is 5.78 Å². The molecule has 1 fully saturated rings. The number of nitrogens with zero attached hydrogens (tertiary/aromatic N) is 4. The Morgan fingerprint density at radius 1 is 1.50 bits per heavy atom. The molecular formula is C11H14N4O. The van der Waals surface area contributed by atoms with Crippen LogP contribution >= 0.6 is 0 Å². The maximum absolute atomic E-state index is 9.44. The SMILES string of the molecule is OC1CCN(Cc2cn3cccnc3n2)C1. The lowest BCUT2D eigenvalue weighted by molar-refractivity contribution is 0.174. The normalized spacial score (nSPS) is 21.9. The number of hydrogen-bond acceptors (Lipinski definition) is 4. The molecular weight excluding hydrogens is 204 g/mol. The molecule has 0 radical (unpaired) electrons. The Bertz CT molecular complexity index is 462. The molecule has 1 atom stereocenters. The average Bonchev–Trinajstić information content (AvgIpc) is 2.84. The third-order valence-corrected chi connectivity index (χ3v) is 2.92. The molecule has 0 aromatic carbocycles. The van der Waals surface area contributed by atoms with Gasteiger partial charge >= 0.3 is 0 Å². The molecule has 0 spiro atoms. The first kappa shape index (κ1) is 9.74. The highest BCUT2D eigenvalue weighted by Gasteiger charge is 2.20. The summed E-state index contributed by atoms with van der Waals surface area (Å²) in [6.07, 6.45) is 6.37. The molecule has 5 heteroatoms. The molecule has 1 unspecified atom stereocenters. The van der Waals surface area contributed by atoms with E-state index in [0.29, 0.717) is 0 Å². The number of hydrogen-bond donors (Lipinski definition) is 1. The lowest BCUT2D eigenvalue weighted by Crippen LogP contribution is -2.21. The number of aliphatic hydroxyl groups is 1. The zero-order valence-corrected chi connectivity index (χ0v) is 8.95. The van der Waals surface area contributed by atoms with E-state index in [1.807, 2.05) is 22.9 Å². The molecule has 3 rings (SSSR count). The molecule has 0 bridgehead atoms. The first-order valence-electron chi connectivity index (χ1n) is 5.50. The van der Waals surface area contributed by atoms with Crippen molar-refractivity contribution in [1.29, 1.82) is 0 Å². The molecule has 84 valence electrons. The zero-order valence-electron chi connectivity index (χ0n) is 8.95. The number of β-amino-alcohol motifs (C(OH)–C–C–N with tert-alkyl or cyclic N) is 1. The van der Waals surface area contributed by atoms with Gasteiger partial charge in [-0.05, 0) is 12.5 Å². The molecule has 2 aromatic heterocycles. The van der Waals surface area contributed by atoms with E-state index in [4.69, 9.17) is 0 Å². The smallest absolute Gasteiger partial charge is 0.233 e. The van der Waals surface area contributed by atoms with Crippen LogP contribution in [0, 0.1) is 0 Å². The van der Waals surface area contributed by atoms with Crippen LogP contribution in [-0.4, -0.2) is 43.6 Å². The van der Waals surface area contributed by atoms with Crippen molar-refractivity contribution in [2.24, 2.45) is 0 Å². The second kappa shape index (κ2) is 3.84. The summed E-state index contributed by atoms with van der Waals surface area (Å²) in [4.78, 5) is 10.8. The number of imidazole rings is 1. The second-order valence-electron chi connectivity index (χ2n) is 4.24. The lowest BCUT2D eigenvalue weighted by atomic mass is 10.3. The highest BCUT2D eigenvalue weighted by molar-refractivity contribution is 5.29. The predicted molar refractivity (Wildman–Crippen MR) is 58.9 cm³/mol. The van der Waals surface area contributed by atoms with Crippen LogP contribution in [0.15, 0.2) is 24.7 Å². The summed E-state index contributed by atoms with van der Waals surface area (Å²) < 4.78 is 1.92. The minimum absolute atomic E-state index is 0.171. The summed E-state index contributed by atoms with van der Waals surface area (Å²) in [5, 5.41) is 9.44. The molecule has 5 nitrogen and oxygen atoms in total. The maximum Gasteiger partial charge on any atom is 0.233 e. The van der Waals surface area contributed by atoms with E-state index in [1.165, 1.54) is 0 Å². The van der Waals surface area contributed by atoms with Crippen LogP contribution in [0.4, 0.5) is 0 Å². The Morgan fingerprint density at radius 3 is 3.19 bits per heavy atom. The average molecular weight is 218 g/mol. The van der Waals surface area contributed by atoms with Gasteiger partial charge in [-0.3, -0.25) is 9.30 Å². The van der Waals surface area contributed by atoms with Crippen molar-refractivity contribution in [3.8, 4) is 0 Å². The van der Waals surface area contributed by atoms with Gasteiger partial charge in [0.15, 0.2) is 0 Å². The third kappa shape index (κ3) is 1.79. The van der Waals surface area contributed by atoms with Crippen molar-refractivity contribution in [2.75, 3.05) is 13.1 Å². The fourth-order valence-corrected chi connectivity index (χ4v) is 2.14. The minimum Gasteiger partial charge on any atom is -0.392 e. The van der Waals surface area contributed by atoms with Gasteiger partial charge in [-0.25, -0.2) is 9.97 Å². The summed E-state index contributed by atoms with van der Waals surface area (Å²) in [7, 11) is 0. The summed E-state index contributed by atoms with van der Waals surface area (Å²) >= 11 is 0. The number of aliphatic hydroxyl groups excluding tert-OH is 1. The topological polar surface area (TPSA) is 53.7 Å². The van der Waals surface area contributed by atoms with E-state index in [1.54, 1.807) is 6.20 Å². The first-order chi connectivity index (χ1) is 7.81. The number of rotatable bonds is 2. The Morgan fingerprint density at radius 2 is 2.44 bits per heavy atom. The van der Waals surface area contributed by atoms with Gasteiger partial charge in [-0.15, -0.1) is 0 Å². The Labute approximate surface area is 93.4 Å². The van der Waals surface area contributed by atoms with Crippen LogP contribution in [-0.2, 0) is 6.54 Å². The van der Waals surface area contributed by atoms with Crippen LogP contribution in [0.2, 0.25) is 0 Å². The van der Waals surface area contributed by atoms with E-state index >= 15 is 0 Å². The maximum atomic E-state index is 9.44. The Hall–Kier alpha value is -1.46. The van der Waals surface area contributed by atoms with Gasteiger partial charge in [-0.2, -0.15) is 0 Å². The predicted octanol–water partition coefficient (Wildman–Crippen LogP) is 0.296. The van der Waals surface area contributed by atoms with Gasteiger partial charge in [0.05, 0.1) is 11.8 Å². The molecule has 0 amide bonds. The first-order valence-corrected chi connectivity index (χ1v) is 5.50. The van der Waals surface area contributed by atoms with E-state index < -0.39 is 0 Å². The number of likely N-dealkylation sites (tertiary alicyclic amines) is 1. The van der Waals surface area contributed by atoms with E-state index in [9.17, 15) is 5.11 Å². The van der Waals surface area contributed by atoms with Gasteiger partial charge in [0.2, 0.25) is 5.78 Å². The van der Waals surface area contributed by atoms with Gasteiger partial charge < -0.3 is 5.11 Å². The van der Waals surface area contributed by atoms with Gasteiger partial charge in [0.1, 0.15) is 0 Å². The molecule has 1 aliphatic rings. The number of fused-ring (bicyclic) bond motifs is 1. The summed E-state index contributed by atoms with van der Waals surface area (Å²) in [5.74, 6) is 0.734. The van der Waals surface area contributed by atoms with Gasteiger partial charge in [-0.1, -0.05) is 0 Å². The molecule has 0 saturated carbocycles. The summed E-state index contributed by atoms with van der Waals surface area (Å²) in [6, 6.07) is 1.89. The van der Waals surface area contributed by atoms with Crippen molar-refractivity contribution in [1.82, 2.24) is 19.3 Å². The monoisotopic (exact) mass is 218 g/mol. The second-order valence-corrected chi connectivity index (χ2v) is 4.24. The Kier molecular flexibility index (Phi) is 2.34. The molecule has 0 aliphatic carbocycles.